The second-order valence-electron chi connectivity index (χ2n) is 6.69. The number of aryl methyl sites for hydroxylation is 1. The molecule has 1 amide bonds. The Bertz CT molecular complexity index is 496. The number of rotatable bonds is 5. The van der Waals surface area contributed by atoms with Crippen molar-refractivity contribution in [1.29, 1.82) is 0 Å². The fourth-order valence-corrected chi connectivity index (χ4v) is 1.81. The molecule has 1 aromatic rings. The number of ether oxygens (including phenoxy) is 1. The van der Waals surface area contributed by atoms with E-state index in [-0.39, 0.29) is 35.9 Å². The minimum atomic E-state index is -0.272. The summed E-state index contributed by atoms with van der Waals surface area (Å²) >= 11 is 0. The second kappa shape index (κ2) is 8.39. The third-order valence-corrected chi connectivity index (χ3v) is 3.29. The maximum Gasteiger partial charge on any atom is 0.224 e. The van der Waals surface area contributed by atoms with Gasteiger partial charge in [-0.25, -0.2) is 0 Å². The van der Waals surface area contributed by atoms with Crippen molar-refractivity contribution in [3.05, 3.63) is 29.3 Å². The van der Waals surface area contributed by atoms with Crippen molar-refractivity contribution in [1.82, 2.24) is 5.32 Å². The summed E-state index contributed by atoms with van der Waals surface area (Å²) in [5.41, 5.74) is 7.59. The van der Waals surface area contributed by atoms with E-state index in [1.807, 2.05) is 59.7 Å². The van der Waals surface area contributed by atoms with Crippen LogP contribution in [0.5, 0.6) is 5.75 Å². The van der Waals surface area contributed by atoms with Gasteiger partial charge in [-0.1, -0.05) is 19.1 Å². The van der Waals surface area contributed by atoms with Gasteiger partial charge in [-0.3, -0.25) is 4.79 Å². The van der Waals surface area contributed by atoms with E-state index in [2.05, 4.69) is 5.32 Å². The maximum absolute atomic E-state index is 12.0. The summed E-state index contributed by atoms with van der Waals surface area (Å²) < 4.78 is 5.98. The van der Waals surface area contributed by atoms with Gasteiger partial charge in [0.15, 0.2) is 0 Å². The first kappa shape index (κ1) is 20.7. The van der Waals surface area contributed by atoms with Crippen molar-refractivity contribution in [3.63, 3.8) is 0 Å². The lowest BCUT2D eigenvalue weighted by Gasteiger charge is -2.24. The van der Waals surface area contributed by atoms with E-state index in [1.165, 1.54) is 0 Å². The Balaban J connectivity index is 0.00000441. The molecule has 0 aliphatic carbocycles. The molecule has 0 aliphatic rings. The van der Waals surface area contributed by atoms with E-state index in [4.69, 9.17) is 10.5 Å². The Morgan fingerprint density at radius 3 is 2.41 bits per heavy atom. The van der Waals surface area contributed by atoms with Gasteiger partial charge < -0.3 is 15.8 Å². The molecule has 0 aliphatic heterocycles. The van der Waals surface area contributed by atoms with E-state index in [1.54, 1.807) is 0 Å². The van der Waals surface area contributed by atoms with Crippen LogP contribution >= 0.6 is 12.4 Å². The van der Waals surface area contributed by atoms with E-state index in [0.29, 0.717) is 6.54 Å². The lowest BCUT2D eigenvalue weighted by Crippen LogP contribution is -2.38. The van der Waals surface area contributed by atoms with Crippen LogP contribution in [0.15, 0.2) is 18.2 Å². The van der Waals surface area contributed by atoms with E-state index in [0.717, 1.165) is 16.9 Å². The second-order valence-corrected chi connectivity index (χ2v) is 6.69. The zero-order chi connectivity index (χ0) is 16.2. The molecule has 0 radical (unpaired) electrons. The summed E-state index contributed by atoms with van der Waals surface area (Å²) in [7, 11) is 0. The van der Waals surface area contributed by atoms with Gasteiger partial charge in [-0.15, -0.1) is 12.4 Å². The van der Waals surface area contributed by atoms with Crippen LogP contribution in [0.3, 0.4) is 0 Å². The highest BCUT2D eigenvalue weighted by molar-refractivity contribution is 5.85. The highest BCUT2D eigenvalue weighted by Crippen LogP contribution is 2.24. The zero-order valence-electron chi connectivity index (χ0n) is 14.4. The average molecular weight is 329 g/mol. The van der Waals surface area contributed by atoms with Gasteiger partial charge in [0.25, 0.3) is 0 Å². The van der Waals surface area contributed by atoms with Crippen LogP contribution in [0, 0.1) is 12.8 Å². The monoisotopic (exact) mass is 328 g/mol. The SMILES string of the molecule is Cc1ccc(CNC(=O)C(C)C(C)N)c(OC(C)(C)C)c1.Cl. The summed E-state index contributed by atoms with van der Waals surface area (Å²) in [6.07, 6.45) is 0. The van der Waals surface area contributed by atoms with Crippen molar-refractivity contribution in [2.24, 2.45) is 11.7 Å². The van der Waals surface area contributed by atoms with Crippen molar-refractivity contribution in [3.8, 4) is 5.75 Å². The first-order valence-corrected chi connectivity index (χ1v) is 7.42. The van der Waals surface area contributed by atoms with Gasteiger partial charge in [-0.2, -0.15) is 0 Å². The molecule has 1 aromatic carbocycles. The normalized spacial score (nSPS) is 13.8. The Hall–Kier alpha value is -1.26. The number of carbonyl (C=O) groups is 1. The van der Waals surface area contributed by atoms with Gasteiger partial charge in [0, 0.05) is 24.1 Å². The Morgan fingerprint density at radius 1 is 1.32 bits per heavy atom. The quantitative estimate of drug-likeness (QED) is 0.872. The number of carbonyl (C=O) groups excluding carboxylic acids is 1. The fraction of sp³-hybridized carbons (Fsp3) is 0.588. The summed E-state index contributed by atoms with van der Waals surface area (Å²) in [5, 5.41) is 2.93. The molecular formula is C17H29ClN2O2. The molecule has 0 saturated carbocycles. The highest BCUT2D eigenvalue weighted by Gasteiger charge is 2.18. The molecular weight excluding hydrogens is 300 g/mol. The van der Waals surface area contributed by atoms with Gasteiger partial charge in [0.2, 0.25) is 5.91 Å². The number of hydrogen-bond acceptors (Lipinski definition) is 3. The molecule has 0 aromatic heterocycles. The molecule has 2 atom stereocenters. The van der Waals surface area contributed by atoms with Crippen molar-refractivity contribution in [2.45, 2.75) is 59.7 Å². The first-order chi connectivity index (χ1) is 9.60. The van der Waals surface area contributed by atoms with Crippen LogP contribution < -0.4 is 15.8 Å². The van der Waals surface area contributed by atoms with Gasteiger partial charge in [-0.05, 0) is 46.2 Å². The highest BCUT2D eigenvalue weighted by atomic mass is 35.5. The van der Waals surface area contributed by atoms with Crippen LogP contribution in [0.1, 0.15) is 45.7 Å². The molecule has 1 rings (SSSR count). The summed E-state index contributed by atoms with van der Waals surface area (Å²) in [6, 6.07) is 5.86. The topological polar surface area (TPSA) is 64.4 Å². The minimum absolute atomic E-state index is 0. The van der Waals surface area contributed by atoms with Crippen LogP contribution in [0.4, 0.5) is 0 Å². The number of hydrogen-bond donors (Lipinski definition) is 2. The van der Waals surface area contributed by atoms with E-state index < -0.39 is 0 Å². The predicted octanol–water partition coefficient (Wildman–Crippen LogP) is 3.19. The molecule has 0 fully saturated rings. The van der Waals surface area contributed by atoms with Crippen LogP contribution in [-0.2, 0) is 11.3 Å². The molecule has 5 heteroatoms. The predicted molar refractivity (Wildman–Crippen MR) is 93.5 cm³/mol. The molecule has 0 heterocycles. The fourth-order valence-electron chi connectivity index (χ4n) is 1.81. The van der Waals surface area contributed by atoms with Crippen molar-refractivity contribution in [2.75, 3.05) is 0 Å². The third-order valence-electron chi connectivity index (χ3n) is 3.29. The van der Waals surface area contributed by atoms with Gasteiger partial charge >= 0.3 is 0 Å². The molecule has 0 saturated heterocycles. The molecule has 0 bridgehead atoms. The standard InChI is InChI=1S/C17H28N2O2.ClH/c1-11-7-8-14(15(9-11)21-17(4,5)6)10-19-16(20)12(2)13(3)18;/h7-9,12-13H,10,18H2,1-6H3,(H,19,20);1H. The third kappa shape index (κ3) is 6.67. The molecule has 3 N–H and O–H groups in total. The zero-order valence-corrected chi connectivity index (χ0v) is 15.2. The van der Waals surface area contributed by atoms with Crippen LogP contribution in [0.2, 0.25) is 0 Å². The molecule has 0 spiro atoms. The summed E-state index contributed by atoms with van der Waals surface area (Å²) in [4.78, 5) is 12.0. The van der Waals surface area contributed by atoms with Gasteiger partial charge in [0.05, 0.1) is 0 Å². The lowest BCUT2D eigenvalue weighted by atomic mass is 10.0. The van der Waals surface area contributed by atoms with Crippen LogP contribution in [0.25, 0.3) is 0 Å². The Labute approximate surface area is 140 Å². The van der Waals surface area contributed by atoms with Gasteiger partial charge in [0.1, 0.15) is 11.4 Å². The largest absolute Gasteiger partial charge is 0.488 e. The van der Waals surface area contributed by atoms with Crippen LogP contribution in [-0.4, -0.2) is 17.6 Å². The Kier molecular flexibility index (Phi) is 7.91. The molecule has 22 heavy (non-hydrogen) atoms. The summed E-state index contributed by atoms with van der Waals surface area (Å²) in [6.45, 7) is 12.2. The maximum atomic E-state index is 12.0. The van der Waals surface area contributed by atoms with Crippen molar-refractivity contribution < 1.29 is 9.53 Å². The lowest BCUT2D eigenvalue weighted by molar-refractivity contribution is -0.125. The Morgan fingerprint density at radius 2 is 1.91 bits per heavy atom. The number of benzene rings is 1. The number of amides is 1. The van der Waals surface area contributed by atoms with E-state index >= 15 is 0 Å². The number of halogens is 1. The number of nitrogens with one attached hydrogen (secondary N) is 1. The smallest absolute Gasteiger partial charge is 0.224 e. The van der Waals surface area contributed by atoms with E-state index in [9.17, 15) is 4.79 Å². The average Bonchev–Trinajstić information content (AvgIpc) is 2.34. The summed E-state index contributed by atoms with van der Waals surface area (Å²) in [5.74, 6) is 0.575. The van der Waals surface area contributed by atoms with Crippen molar-refractivity contribution >= 4 is 18.3 Å². The first-order valence-electron chi connectivity index (χ1n) is 7.42. The molecule has 2 unspecified atom stereocenters. The molecule has 4 nitrogen and oxygen atoms in total. The number of nitrogens with two attached hydrogens (primary N) is 1. The minimum Gasteiger partial charge on any atom is -0.488 e. The molecule has 126 valence electrons.